The van der Waals surface area contributed by atoms with Crippen LogP contribution in [0.5, 0.6) is 5.75 Å². The van der Waals surface area contributed by atoms with Crippen LogP contribution >= 0.6 is 0 Å². The molecule has 2 amide bonds. The lowest BCUT2D eigenvalue weighted by molar-refractivity contribution is -0.116. The molecule has 1 saturated heterocycles. The summed E-state index contributed by atoms with van der Waals surface area (Å²) in [5, 5.41) is 18.3. The van der Waals surface area contributed by atoms with E-state index in [-0.39, 0.29) is 64.7 Å². The maximum Gasteiger partial charge on any atom is 0.279 e. The number of piperidine rings is 1. The van der Waals surface area contributed by atoms with Crippen molar-refractivity contribution in [2.24, 2.45) is 11.8 Å². The maximum absolute atomic E-state index is 15.3. The number of fused-ring (bicyclic) bond motifs is 8. The van der Waals surface area contributed by atoms with Crippen LogP contribution < -0.4 is 10.9 Å². The van der Waals surface area contributed by atoms with E-state index in [1.807, 2.05) is 35.5 Å². The molecule has 0 bridgehead atoms. The van der Waals surface area contributed by atoms with Gasteiger partial charge in [0.15, 0.2) is 17.3 Å². The molecule has 0 radical (unpaired) electrons. The fourth-order valence-electron chi connectivity index (χ4n) is 10.5. The van der Waals surface area contributed by atoms with Crippen LogP contribution in [0.3, 0.4) is 0 Å². The zero-order valence-corrected chi connectivity index (χ0v) is 30.6. The number of aryl methyl sites for hydroxylation is 1. The number of anilines is 1. The Labute approximate surface area is 310 Å². The zero-order chi connectivity index (χ0) is 37.3. The van der Waals surface area contributed by atoms with Crippen LogP contribution in [0.15, 0.2) is 35.4 Å². The van der Waals surface area contributed by atoms with Crippen LogP contribution in [0.1, 0.15) is 116 Å². The van der Waals surface area contributed by atoms with Gasteiger partial charge in [0.2, 0.25) is 11.7 Å². The van der Waals surface area contributed by atoms with E-state index >= 15 is 9.18 Å². The van der Waals surface area contributed by atoms with Gasteiger partial charge in [0.1, 0.15) is 18.7 Å². The summed E-state index contributed by atoms with van der Waals surface area (Å²) >= 11 is 0. The predicted molar refractivity (Wildman–Crippen MR) is 195 cm³/mol. The SMILES string of the molecule is Cc1ncnc(C(=O)N2CC[C@]3(c4c(n(CC(=O)Nc5ccc(C6CC6)cc5F)c5nc(C6=CC(C)(C)OCC6)nn5c4=O)[C@H]4CC[C@H]43)[C@@H]3CC[C@@H]32)c1O. The maximum atomic E-state index is 15.3. The average Bonchev–Trinajstić information content (AvgIpc) is 3.81. The van der Waals surface area contributed by atoms with E-state index in [2.05, 4.69) is 15.3 Å². The standard InChI is InChI=1S/C40H43FN8O5/c1-20-34(51)32(43-19-42-20)37(53)47-14-13-40(26-9-11-29(26)47)25-8-7-24(25)33-31(40)36(52)49-38(45-35(46-49)23-12-15-54-39(2,3)17-23)48(33)18-30(50)44-28-10-6-22(16-27(28)41)21-4-5-21/h6,10,16-17,19,21,24-26,29,51H,4-5,7-9,11-15,18H2,1-3H3,(H,44,50)/t24-,25+,26+,29-,40+/m0/s1. The highest BCUT2D eigenvalue weighted by molar-refractivity contribution is 5.95. The fourth-order valence-corrected chi connectivity index (χ4v) is 10.5. The summed E-state index contributed by atoms with van der Waals surface area (Å²) in [5.74, 6) is -0.159. The number of amides is 2. The van der Waals surface area contributed by atoms with E-state index in [4.69, 9.17) is 14.8 Å². The Morgan fingerprint density at radius 1 is 1.09 bits per heavy atom. The van der Waals surface area contributed by atoms with Crippen molar-refractivity contribution in [1.29, 1.82) is 0 Å². The molecule has 3 saturated carbocycles. The summed E-state index contributed by atoms with van der Waals surface area (Å²) < 4.78 is 24.4. The number of benzene rings is 1. The van der Waals surface area contributed by atoms with E-state index in [1.165, 1.54) is 16.9 Å². The molecule has 2 N–H and O–H groups in total. The minimum atomic E-state index is -0.531. The minimum Gasteiger partial charge on any atom is -0.504 e. The number of hydrogen-bond donors (Lipinski definition) is 2. The molecular formula is C40H43FN8O5. The number of hydrogen-bond acceptors (Lipinski definition) is 9. The van der Waals surface area contributed by atoms with Gasteiger partial charge in [-0.15, -0.1) is 5.10 Å². The number of carbonyl (C=O) groups excluding carboxylic acids is 2. The van der Waals surface area contributed by atoms with Gasteiger partial charge < -0.3 is 24.6 Å². The van der Waals surface area contributed by atoms with Crippen molar-refractivity contribution in [1.82, 2.24) is 34.0 Å². The molecule has 4 fully saturated rings. The Balaban J connectivity index is 1.08. The Bertz CT molecular complexity index is 2380. The van der Waals surface area contributed by atoms with E-state index in [1.54, 1.807) is 13.0 Å². The van der Waals surface area contributed by atoms with E-state index in [9.17, 15) is 14.7 Å². The summed E-state index contributed by atoms with van der Waals surface area (Å²) in [4.78, 5) is 57.8. The second-order valence-corrected chi connectivity index (χ2v) is 16.7. The van der Waals surface area contributed by atoms with Crippen molar-refractivity contribution >= 4 is 28.9 Å². The third-order valence-electron chi connectivity index (χ3n) is 13.3. The number of nitrogens with zero attached hydrogens (tertiary/aromatic N) is 7. The lowest BCUT2D eigenvalue weighted by Gasteiger charge is -2.60. The fraction of sp³-hybridized carbons (Fsp3) is 0.525. The van der Waals surface area contributed by atoms with Crippen LogP contribution in [-0.4, -0.2) is 75.7 Å². The first-order valence-electron chi connectivity index (χ1n) is 19.3. The number of ether oxygens (including phenoxy) is 1. The second-order valence-electron chi connectivity index (χ2n) is 16.7. The number of carbonyl (C=O) groups is 2. The molecule has 10 rings (SSSR count). The summed E-state index contributed by atoms with van der Waals surface area (Å²) in [6, 6.07) is 4.88. The zero-order valence-electron chi connectivity index (χ0n) is 30.6. The van der Waals surface area contributed by atoms with Crippen molar-refractivity contribution in [3.8, 4) is 5.75 Å². The molecule has 54 heavy (non-hydrogen) atoms. The van der Waals surface area contributed by atoms with Gasteiger partial charge in [0, 0.05) is 35.2 Å². The molecule has 2 aliphatic heterocycles. The smallest absolute Gasteiger partial charge is 0.279 e. The average molecular weight is 735 g/mol. The molecule has 13 nitrogen and oxygen atoms in total. The van der Waals surface area contributed by atoms with Crippen LogP contribution in [0, 0.1) is 24.6 Å². The molecule has 1 aromatic carbocycles. The van der Waals surface area contributed by atoms with Crippen LogP contribution in [0.25, 0.3) is 11.4 Å². The number of halogens is 1. The lowest BCUT2D eigenvalue weighted by Crippen LogP contribution is -2.65. The normalized spacial score (nSPS) is 27.8. The van der Waals surface area contributed by atoms with Gasteiger partial charge in [-0.2, -0.15) is 9.50 Å². The highest BCUT2D eigenvalue weighted by Crippen LogP contribution is 2.68. The molecule has 6 aliphatic rings. The van der Waals surface area contributed by atoms with Crippen molar-refractivity contribution in [3.63, 3.8) is 0 Å². The molecule has 14 heteroatoms. The first-order valence-corrected chi connectivity index (χ1v) is 19.3. The van der Waals surface area contributed by atoms with Crippen molar-refractivity contribution in [2.75, 3.05) is 18.5 Å². The Hall–Kier alpha value is -4.98. The third-order valence-corrected chi connectivity index (χ3v) is 13.3. The summed E-state index contributed by atoms with van der Waals surface area (Å²) in [6.45, 7) is 6.28. The second kappa shape index (κ2) is 11.8. The Morgan fingerprint density at radius 3 is 2.61 bits per heavy atom. The highest BCUT2D eigenvalue weighted by atomic mass is 19.1. The molecule has 4 aromatic rings. The number of likely N-dealkylation sites (tertiary alicyclic amines) is 1. The molecule has 5 heterocycles. The number of aromatic hydroxyl groups is 1. The summed E-state index contributed by atoms with van der Waals surface area (Å²) in [7, 11) is 0. The topological polar surface area (TPSA) is 157 Å². The molecule has 1 spiro atoms. The van der Waals surface area contributed by atoms with Gasteiger partial charge in [-0.05, 0) is 119 Å². The van der Waals surface area contributed by atoms with E-state index < -0.39 is 22.7 Å². The van der Waals surface area contributed by atoms with Gasteiger partial charge in [0.25, 0.3) is 11.5 Å². The first-order chi connectivity index (χ1) is 25.9. The lowest BCUT2D eigenvalue weighted by atomic mass is 9.49. The molecule has 0 unspecified atom stereocenters. The van der Waals surface area contributed by atoms with E-state index in [0.29, 0.717) is 49.0 Å². The molecule has 5 atom stereocenters. The molecule has 3 aromatic heterocycles. The summed E-state index contributed by atoms with van der Waals surface area (Å²) in [6.07, 6.45) is 9.91. The quantitative estimate of drug-likeness (QED) is 0.278. The summed E-state index contributed by atoms with van der Waals surface area (Å²) in [5.41, 5.74) is 2.47. The van der Waals surface area contributed by atoms with Crippen LogP contribution in [-0.2, 0) is 21.5 Å². The molecule has 280 valence electrons. The van der Waals surface area contributed by atoms with Crippen LogP contribution in [0.4, 0.5) is 10.1 Å². The molecular weight excluding hydrogens is 691 g/mol. The Kier molecular flexibility index (Phi) is 7.31. The third kappa shape index (κ3) is 4.87. The monoisotopic (exact) mass is 734 g/mol. The first kappa shape index (κ1) is 33.6. The number of aromatic nitrogens is 6. The predicted octanol–water partition coefficient (Wildman–Crippen LogP) is 5.00. The van der Waals surface area contributed by atoms with Gasteiger partial charge >= 0.3 is 0 Å². The number of rotatable bonds is 6. The van der Waals surface area contributed by atoms with Gasteiger partial charge in [-0.1, -0.05) is 6.07 Å². The minimum absolute atomic E-state index is 0.00261. The highest BCUT2D eigenvalue weighted by Gasteiger charge is 2.67. The van der Waals surface area contributed by atoms with Crippen molar-refractivity contribution in [3.05, 3.63) is 80.8 Å². The van der Waals surface area contributed by atoms with Gasteiger partial charge in [-0.25, -0.2) is 14.4 Å². The van der Waals surface area contributed by atoms with Gasteiger partial charge in [-0.3, -0.25) is 14.4 Å². The van der Waals surface area contributed by atoms with Crippen molar-refractivity contribution in [2.45, 2.75) is 108 Å². The Morgan fingerprint density at radius 2 is 1.91 bits per heavy atom. The molecule has 4 aliphatic carbocycles. The van der Waals surface area contributed by atoms with E-state index in [0.717, 1.165) is 55.4 Å². The largest absolute Gasteiger partial charge is 0.504 e. The van der Waals surface area contributed by atoms with Crippen molar-refractivity contribution < 1.29 is 23.8 Å². The van der Waals surface area contributed by atoms with Gasteiger partial charge in [0.05, 0.1) is 23.6 Å². The number of nitrogens with one attached hydrogen (secondary N) is 1. The van der Waals surface area contributed by atoms with Crippen LogP contribution in [0.2, 0.25) is 0 Å².